The predicted molar refractivity (Wildman–Crippen MR) is 95.0 cm³/mol. The molecule has 0 fully saturated rings. The van der Waals surface area contributed by atoms with Gasteiger partial charge in [-0.1, -0.05) is 60.7 Å². The molecule has 0 aliphatic rings. The Bertz CT molecular complexity index is 540. The number of thioether (sulfide) groups is 1. The molecule has 0 heterocycles. The van der Waals surface area contributed by atoms with Crippen molar-refractivity contribution >= 4 is 35.6 Å². The lowest BCUT2D eigenvalue weighted by Crippen LogP contribution is -2.49. The minimum absolute atomic E-state index is 0.355. The van der Waals surface area contributed by atoms with Crippen LogP contribution in [0.2, 0.25) is 0 Å². The number of benzene rings is 2. The number of hydrogen-bond donors (Lipinski definition) is 1. The third-order valence-corrected chi connectivity index (χ3v) is 4.02. The molecule has 0 aliphatic heterocycles. The van der Waals surface area contributed by atoms with E-state index in [0.29, 0.717) is 6.42 Å². The van der Waals surface area contributed by atoms with Crippen LogP contribution in [0, 0.1) is 0 Å². The highest BCUT2D eigenvalue weighted by molar-refractivity contribution is 7.98. The van der Waals surface area contributed by atoms with Crippen LogP contribution in [0.3, 0.4) is 0 Å². The van der Waals surface area contributed by atoms with Gasteiger partial charge in [0.25, 0.3) is 0 Å². The summed E-state index contributed by atoms with van der Waals surface area (Å²) < 4.78 is 5.71. The van der Waals surface area contributed by atoms with Crippen LogP contribution in [0.1, 0.15) is 6.42 Å². The molecule has 2 N–H and O–H groups in total. The van der Waals surface area contributed by atoms with Crippen molar-refractivity contribution in [3.05, 3.63) is 60.7 Å². The van der Waals surface area contributed by atoms with Crippen LogP contribution in [0.4, 0.5) is 0 Å². The minimum Gasteiger partial charge on any atom is -0.525 e. The highest BCUT2D eigenvalue weighted by Crippen LogP contribution is 2.02. The topological polar surface area (TPSA) is 52.3 Å². The molecule has 0 aliphatic carbocycles. The molecule has 0 amide bonds. The molecule has 0 aromatic heterocycles. The molecule has 0 unspecified atom stereocenters. The summed E-state index contributed by atoms with van der Waals surface area (Å²) in [6.07, 6.45) is 2.62. The number of hydrogen-bond acceptors (Lipinski definition) is 4. The first-order valence-electron chi connectivity index (χ1n) is 7.27. The second-order valence-corrected chi connectivity index (χ2v) is 6.01. The maximum Gasteiger partial charge on any atom is 0.429 e. The van der Waals surface area contributed by atoms with Crippen molar-refractivity contribution < 1.29 is 9.45 Å². The summed E-state index contributed by atoms with van der Waals surface area (Å²) in [5.74, 6) is 0.490. The number of carbonyl (C=O) groups is 1. The van der Waals surface area contributed by atoms with Crippen molar-refractivity contribution in [2.24, 2.45) is 5.73 Å². The quantitative estimate of drug-likeness (QED) is 0.786. The fraction of sp³-hybridized carbons (Fsp3) is 0.235. The third-order valence-electron chi connectivity index (χ3n) is 3.37. The van der Waals surface area contributed by atoms with Gasteiger partial charge < -0.3 is 10.4 Å². The Hall–Kier alpha value is -1.72. The highest BCUT2D eigenvalue weighted by Gasteiger charge is 2.27. The summed E-state index contributed by atoms with van der Waals surface area (Å²) >= 11 is 1.67. The normalized spacial score (nSPS) is 11.7. The first kappa shape index (κ1) is 16.7. The molecule has 0 bridgehead atoms. The number of carbonyl (C=O) groups excluding carboxylic acids is 1. The van der Waals surface area contributed by atoms with Gasteiger partial charge in [0.05, 0.1) is 0 Å². The van der Waals surface area contributed by atoms with E-state index in [0.717, 1.165) is 16.7 Å². The molecule has 0 radical (unpaired) electrons. The van der Waals surface area contributed by atoms with E-state index in [1.807, 2.05) is 66.9 Å². The van der Waals surface area contributed by atoms with E-state index in [-0.39, 0.29) is 5.97 Å². The molecule has 0 spiro atoms. The van der Waals surface area contributed by atoms with Crippen molar-refractivity contribution in [1.29, 1.82) is 0 Å². The van der Waals surface area contributed by atoms with Crippen molar-refractivity contribution in [3.8, 4) is 0 Å². The second kappa shape index (κ2) is 8.66. The summed E-state index contributed by atoms with van der Waals surface area (Å²) in [5, 5.41) is 0. The fourth-order valence-electron chi connectivity index (χ4n) is 2.15. The molecule has 114 valence electrons. The van der Waals surface area contributed by atoms with Gasteiger partial charge in [-0.2, -0.15) is 11.8 Å². The van der Waals surface area contributed by atoms with Gasteiger partial charge in [-0.05, 0) is 29.4 Å². The molecular formula is C17H20BNO2S. The Morgan fingerprint density at radius 2 is 1.59 bits per heavy atom. The van der Waals surface area contributed by atoms with E-state index in [1.165, 1.54) is 0 Å². The van der Waals surface area contributed by atoms with Crippen molar-refractivity contribution in [2.75, 3.05) is 12.0 Å². The van der Waals surface area contributed by atoms with Crippen LogP contribution in [0.25, 0.3) is 0 Å². The van der Waals surface area contributed by atoms with Crippen LogP contribution < -0.4 is 16.7 Å². The molecule has 2 rings (SSSR count). The van der Waals surface area contributed by atoms with E-state index in [2.05, 4.69) is 0 Å². The first-order chi connectivity index (χ1) is 10.7. The van der Waals surface area contributed by atoms with E-state index >= 15 is 0 Å². The third kappa shape index (κ3) is 4.65. The van der Waals surface area contributed by atoms with Gasteiger partial charge in [0, 0.05) is 0 Å². The zero-order valence-electron chi connectivity index (χ0n) is 12.6. The van der Waals surface area contributed by atoms with Crippen LogP contribution in [0.5, 0.6) is 0 Å². The first-order valence-corrected chi connectivity index (χ1v) is 8.66. The largest absolute Gasteiger partial charge is 0.525 e. The lowest BCUT2D eigenvalue weighted by molar-refractivity contribution is -0.136. The Balaban J connectivity index is 2.17. The Morgan fingerprint density at radius 1 is 1.09 bits per heavy atom. The van der Waals surface area contributed by atoms with Crippen LogP contribution in [0.15, 0.2) is 60.7 Å². The van der Waals surface area contributed by atoms with Crippen molar-refractivity contribution in [3.63, 3.8) is 0 Å². The standard InChI is InChI=1S/C17H20BNO2S/c1-22-13-12-16(19)17(20)21-18(14-8-4-2-5-9-14)15-10-6-3-7-11-15/h2-11,16H,12-13,19H2,1H3/t16-/m1/s1. The Kier molecular flexibility index (Phi) is 6.56. The van der Waals surface area contributed by atoms with E-state index < -0.39 is 13.0 Å². The Morgan fingerprint density at radius 3 is 2.05 bits per heavy atom. The molecule has 3 nitrogen and oxygen atoms in total. The summed E-state index contributed by atoms with van der Waals surface area (Å²) in [5.41, 5.74) is 7.81. The van der Waals surface area contributed by atoms with Gasteiger partial charge in [-0.25, -0.2) is 0 Å². The summed E-state index contributed by atoms with van der Waals surface area (Å²) in [6, 6.07) is 18.9. The molecule has 0 saturated heterocycles. The van der Waals surface area contributed by atoms with Gasteiger partial charge in [-0.15, -0.1) is 0 Å². The van der Waals surface area contributed by atoms with E-state index in [9.17, 15) is 4.79 Å². The van der Waals surface area contributed by atoms with Gasteiger partial charge in [-0.3, -0.25) is 4.79 Å². The fourth-order valence-corrected chi connectivity index (χ4v) is 2.64. The lowest BCUT2D eigenvalue weighted by Gasteiger charge is -2.18. The number of rotatable bonds is 7. The van der Waals surface area contributed by atoms with Crippen molar-refractivity contribution in [2.45, 2.75) is 12.5 Å². The predicted octanol–water partition coefficient (Wildman–Crippen LogP) is 1.42. The van der Waals surface area contributed by atoms with E-state index in [1.54, 1.807) is 11.8 Å². The van der Waals surface area contributed by atoms with Crippen LogP contribution in [-0.2, 0) is 9.45 Å². The average molecular weight is 313 g/mol. The molecule has 1 atom stereocenters. The summed E-state index contributed by atoms with van der Waals surface area (Å²) in [7, 11) is 0. The second-order valence-electron chi connectivity index (χ2n) is 5.03. The maximum absolute atomic E-state index is 12.2. The molecule has 0 saturated carbocycles. The Labute approximate surface area is 136 Å². The highest BCUT2D eigenvalue weighted by atomic mass is 32.2. The zero-order valence-corrected chi connectivity index (χ0v) is 13.5. The van der Waals surface area contributed by atoms with Gasteiger partial charge in [0.15, 0.2) is 0 Å². The van der Waals surface area contributed by atoms with Crippen molar-refractivity contribution in [1.82, 2.24) is 0 Å². The number of nitrogens with two attached hydrogens (primary N) is 1. The summed E-state index contributed by atoms with van der Waals surface area (Å²) in [4.78, 5) is 12.2. The van der Waals surface area contributed by atoms with Gasteiger partial charge in [0.2, 0.25) is 0 Å². The van der Waals surface area contributed by atoms with Crippen LogP contribution >= 0.6 is 11.8 Å². The average Bonchev–Trinajstić information content (AvgIpc) is 2.58. The monoisotopic (exact) mass is 313 g/mol. The molecule has 2 aromatic carbocycles. The summed E-state index contributed by atoms with van der Waals surface area (Å²) in [6.45, 7) is -0.421. The maximum atomic E-state index is 12.2. The molecule has 5 heteroatoms. The minimum atomic E-state index is -0.581. The molecular weight excluding hydrogens is 293 g/mol. The lowest BCUT2D eigenvalue weighted by atomic mass is 9.55. The van der Waals surface area contributed by atoms with Crippen LogP contribution in [-0.4, -0.2) is 30.9 Å². The smallest absolute Gasteiger partial charge is 0.429 e. The van der Waals surface area contributed by atoms with Gasteiger partial charge in [0.1, 0.15) is 6.04 Å². The van der Waals surface area contributed by atoms with E-state index in [4.69, 9.17) is 10.4 Å². The SMILES string of the molecule is CSCC[C@@H](N)C(=O)OB(c1ccccc1)c1ccccc1. The molecule has 2 aromatic rings. The van der Waals surface area contributed by atoms with Gasteiger partial charge >= 0.3 is 12.9 Å². The zero-order chi connectivity index (χ0) is 15.8. The molecule has 22 heavy (non-hydrogen) atoms.